The molecular formula is C47H56P2+2. The second-order valence-corrected chi connectivity index (χ2v) is 20.4. The van der Waals surface area contributed by atoms with Crippen molar-refractivity contribution in [2.75, 3.05) is 12.3 Å². The topological polar surface area (TPSA) is 0 Å². The summed E-state index contributed by atoms with van der Waals surface area (Å²) in [5.41, 5.74) is 0. The molecule has 4 aromatic carbocycles. The van der Waals surface area contributed by atoms with Crippen molar-refractivity contribution in [3.8, 4) is 0 Å². The molecule has 49 heavy (non-hydrogen) atoms. The van der Waals surface area contributed by atoms with Gasteiger partial charge >= 0.3 is 0 Å². The van der Waals surface area contributed by atoms with Crippen molar-refractivity contribution in [2.24, 2.45) is 0 Å². The van der Waals surface area contributed by atoms with Crippen LogP contribution >= 0.6 is 14.5 Å². The molecule has 252 valence electrons. The zero-order chi connectivity index (χ0) is 34.0. The van der Waals surface area contributed by atoms with Gasteiger partial charge < -0.3 is 0 Å². The highest BCUT2D eigenvalue weighted by Gasteiger charge is 2.47. The largest absolute Gasteiger partial charge is 0.112 e. The summed E-state index contributed by atoms with van der Waals surface area (Å²) in [6.45, 7) is 4.27. The Morgan fingerprint density at radius 3 is 1.47 bits per heavy atom. The average molecular weight is 683 g/mol. The van der Waals surface area contributed by atoms with E-state index in [4.69, 9.17) is 0 Å². The van der Waals surface area contributed by atoms with Crippen molar-refractivity contribution in [2.45, 2.75) is 71.6 Å². The summed E-state index contributed by atoms with van der Waals surface area (Å²) < 4.78 is 0. The third-order valence-corrected chi connectivity index (χ3v) is 19.2. The number of unbranched alkanes of at least 4 members (excludes halogenated alkanes) is 6. The Kier molecular flexibility index (Phi) is 14.7. The van der Waals surface area contributed by atoms with Gasteiger partial charge in [-0.15, -0.1) is 0 Å². The summed E-state index contributed by atoms with van der Waals surface area (Å²) in [5.74, 6) is 0. The van der Waals surface area contributed by atoms with E-state index < -0.39 is 14.5 Å². The van der Waals surface area contributed by atoms with Gasteiger partial charge in [-0.25, -0.2) is 0 Å². The van der Waals surface area contributed by atoms with Gasteiger partial charge in [0.1, 0.15) is 41.1 Å². The Morgan fingerprint density at radius 1 is 0.551 bits per heavy atom. The molecule has 0 heterocycles. The third-order valence-electron chi connectivity index (χ3n) is 9.99. The monoisotopic (exact) mass is 682 g/mol. The van der Waals surface area contributed by atoms with Crippen LogP contribution in [0.5, 0.6) is 0 Å². The van der Waals surface area contributed by atoms with Gasteiger partial charge in [-0.05, 0) is 113 Å². The molecule has 0 amide bonds. The van der Waals surface area contributed by atoms with Gasteiger partial charge in [-0.2, -0.15) is 0 Å². The van der Waals surface area contributed by atoms with Crippen molar-refractivity contribution in [1.29, 1.82) is 0 Å². The maximum atomic E-state index is 2.46. The van der Waals surface area contributed by atoms with E-state index in [9.17, 15) is 0 Å². The molecule has 0 nitrogen and oxygen atoms in total. The highest BCUT2D eigenvalue weighted by Crippen LogP contribution is 2.66. The van der Waals surface area contributed by atoms with Crippen LogP contribution in [0.3, 0.4) is 0 Å². The number of benzene rings is 4. The zero-order valence-electron chi connectivity index (χ0n) is 29.8. The van der Waals surface area contributed by atoms with Crippen molar-refractivity contribution in [3.05, 3.63) is 181 Å². The van der Waals surface area contributed by atoms with Crippen molar-refractivity contribution < 1.29 is 0 Å². The van der Waals surface area contributed by atoms with Crippen LogP contribution in [0.25, 0.3) is 0 Å². The predicted octanol–water partition coefficient (Wildman–Crippen LogP) is 12.3. The zero-order valence-corrected chi connectivity index (χ0v) is 31.6. The third kappa shape index (κ3) is 9.17. The van der Waals surface area contributed by atoms with Gasteiger partial charge in [0.25, 0.3) is 0 Å². The van der Waals surface area contributed by atoms with E-state index in [2.05, 4.69) is 184 Å². The van der Waals surface area contributed by atoms with Gasteiger partial charge in [0.05, 0.1) is 17.6 Å². The summed E-state index contributed by atoms with van der Waals surface area (Å²) in [5, 5.41) is 9.22. The van der Waals surface area contributed by atoms with Gasteiger partial charge in [0.2, 0.25) is 0 Å². The van der Waals surface area contributed by atoms with Crippen LogP contribution in [0.1, 0.15) is 71.6 Å². The molecule has 0 saturated carbocycles. The quantitative estimate of drug-likeness (QED) is 0.0557. The second-order valence-electron chi connectivity index (χ2n) is 13.1. The number of rotatable bonds is 18. The van der Waals surface area contributed by atoms with Gasteiger partial charge in [0, 0.05) is 6.42 Å². The number of hydrogen-bond donors (Lipinski definition) is 0. The first-order valence-corrected chi connectivity index (χ1v) is 22.5. The van der Waals surface area contributed by atoms with E-state index in [0.29, 0.717) is 0 Å². The minimum atomic E-state index is -1.80. The lowest BCUT2D eigenvalue weighted by Crippen LogP contribution is -2.27. The van der Waals surface area contributed by atoms with Gasteiger partial charge in [-0.1, -0.05) is 122 Å². The van der Waals surface area contributed by atoms with Crippen molar-refractivity contribution >= 4 is 35.7 Å². The normalized spacial score (nSPS) is 14.1. The Balaban J connectivity index is 1.24. The molecule has 0 unspecified atom stereocenters. The fraction of sp³-hybridized carbons (Fsp3) is 0.277. The predicted molar refractivity (Wildman–Crippen MR) is 224 cm³/mol. The SMILES string of the molecule is C\C=C/C=C(\C=C/C)[P+](CCCCCCCCC[P+](C1=CC=CCC1)(c1ccccc1)c1ccccc1)(c1ccccc1)c1ccccc1. The molecule has 0 fully saturated rings. The number of allylic oxidation sites excluding steroid dienone is 10. The van der Waals surface area contributed by atoms with E-state index in [-0.39, 0.29) is 0 Å². The Morgan fingerprint density at radius 2 is 1.02 bits per heavy atom. The van der Waals surface area contributed by atoms with Crippen LogP contribution in [0.4, 0.5) is 0 Å². The molecule has 0 bridgehead atoms. The van der Waals surface area contributed by atoms with Crippen LogP contribution in [0, 0.1) is 0 Å². The standard InChI is InChI=1S/C47H56P2/c1-3-5-29-42(28-4-2)48(43-30-16-11-17-31-43,44-32-18-12-19-33-44)40-26-9-7-6-8-10-27-41-49(45-34-20-13-21-35-45,46-36-22-14-23-37-46)47-38-24-15-25-39-47/h3-5,11-24,28-38H,6-10,25-27,39-41H2,1-2H3/q+2/b5-3-,28-4-,42-29+. The molecule has 0 radical (unpaired) electrons. The maximum Gasteiger partial charge on any atom is 0.112 e. The Bertz CT molecular complexity index is 1600. The van der Waals surface area contributed by atoms with Crippen LogP contribution in [0.15, 0.2) is 181 Å². The fourth-order valence-electron chi connectivity index (χ4n) is 7.61. The van der Waals surface area contributed by atoms with Crippen LogP contribution in [0.2, 0.25) is 0 Å². The molecule has 2 heteroatoms. The molecule has 0 spiro atoms. The average Bonchev–Trinajstić information content (AvgIpc) is 3.18. The molecule has 0 aromatic heterocycles. The first kappa shape index (κ1) is 36.7. The molecule has 4 aromatic rings. The van der Waals surface area contributed by atoms with Crippen LogP contribution in [-0.4, -0.2) is 12.3 Å². The molecule has 1 aliphatic carbocycles. The smallest absolute Gasteiger partial charge is 0.0875 e. The lowest BCUT2D eigenvalue weighted by Gasteiger charge is -2.30. The summed E-state index contributed by atoms with van der Waals surface area (Å²) >= 11 is 0. The Labute approximate surface area is 299 Å². The lowest BCUT2D eigenvalue weighted by molar-refractivity contribution is 0.604. The molecule has 0 aliphatic heterocycles. The van der Waals surface area contributed by atoms with E-state index >= 15 is 0 Å². The lowest BCUT2D eigenvalue weighted by atomic mass is 10.1. The fourth-order valence-corrected chi connectivity index (χ4v) is 16.8. The van der Waals surface area contributed by atoms with E-state index in [1.165, 1.54) is 79.6 Å². The van der Waals surface area contributed by atoms with E-state index in [0.717, 1.165) is 6.42 Å². The summed E-state index contributed by atoms with van der Waals surface area (Å²) in [4.78, 5) is 0. The molecule has 0 saturated heterocycles. The molecule has 0 atom stereocenters. The molecular weight excluding hydrogens is 626 g/mol. The molecule has 1 aliphatic rings. The van der Waals surface area contributed by atoms with Crippen molar-refractivity contribution in [1.82, 2.24) is 0 Å². The van der Waals surface area contributed by atoms with E-state index in [1.54, 1.807) is 15.9 Å². The molecule has 0 N–H and O–H groups in total. The van der Waals surface area contributed by atoms with Crippen LogP contribution < -0.4 is 21.2 Å². The highest BCUT2D eigenvalue weighted by molar-refractivity contribution is 7.93. The first-order valence-electron chi connectivity index (χ1n) is 18.6. The summed E-state index contributed by atoms with van der Waals surface area (Å²) in [7, 11) is -3.44. The highest BCUT2D eigenvalue weighted by atomic mass is 31.2. The summed E-state index contributed by atoms with van der Waals surface area (Å²) in [6.07, 6.45) is 32.4. The minimum Gasteiger partial charge on any atom is -0.0875 e. The van der Waals surface area contributed by atoms with E-state index in [1.807, 2.05) is 0 Å². The van der Waals surface area contributed by atoms with Gasteiger partial charge in [0.15, 0.2) is 0 Å². The minimum absolute atomic E-state index is 1.16. The Hall–Kier alpha value is -3.56. The van der Waals surface area contributed by atoms with Gasteiger partial charge in [-0.3, -0.25) is 0 Å². The summed E-state index contributed by atoms with van der Waals surface area (Å²) in [6, 6.07) is 45.7. The molecule has 5 rings (SSSR count). The second kappa shape index (κ2) is 19.6. The number of hydrogen-bond acceptors (Lipinski definition) is 0. The maximum absolute atomic E-state index is 2.46. The first-order chi connectivity index (χ1) is 24.3. The van der Waals surface area contributed by atoms with Crippen LogP contribution in [-0.2, 0) is 0 Å². The van der Waals surface area contributed by atoms with Crippen molar-refractivity contribution in [3.63, 3.8) is 0 Å².